The minimum absolute atomic E-state index is 0.0796. The molecule has 3 rings (SSSR count). The average Bonchev–Trinajstić information content (AvgIpc) is 3.35. The summed E-state index contributed by atoms with van der Waals surface area (Å²) in [7, 11) is -3.43. The van der Waals surface area contributed by atoms with Gasteiger partial charge in [-0.05, 0) is 43.9 Å². The van der Waals surface area contributed by atoms with E-state index in [0.29, 0.717) is 24.7 Å². The lowest BCUT2D eigenvalue weighted by molar-refractivity contribution is -0.118. The lowest BCUT2D eigenvalue weighted by Gasteiger charge is -2.21. The summed E-state index contributed by atoms with van der Waals surface area (Å²) in [6.07, 6.45) is 10.3. The van der Waals surface area contributed by atoms with Gasteiger partial charge >= 0.3 is 0 Å². The van der Waals surface area contributed by atoms with Crippen molar-refractivity contribution in [3.63, 3.8) is 0 Å². The van der Waals surface area contributed by atoms with Gasteiger partial charge in [0.25, 0.3) is 0 Å². The van der Waals surface area contributed by atoms with Gasteiger partial charge in [-0.25, -0.2) is 8.42 Å². The van der Waals surface area contributed by atoms with Gasteiger partial charge in [0.2, 0.25) is 5.91 Å². The van der Waals surface area contributed by atoms with E-state index in [0.717, 1.165) is 24.7 Å². The van der Waals surface area contributed by atoms with Crippen LogP contribution in [0.1, 0.15) is 57.4 Å². The molecule has 31 heavy (non-hydrogen) atoms. The molecular weight excluding hydrogens is 434 g/mol. The number of nitrogens with one attached hydrogen (secondary N) is 1. The maximum Gasteiger partial charge on any atom is 0.233 e. The van der Waals surface area contributed by atoms with Crippen molar-refractivity contribution in [3.05, 3.63) is 52.7 Å². The number of carbonyl (C=O) groups is 1. The molecule has 0 bridgehead atoms. The molecule has 1 aliphatic carbocycles. The molecule has 0 aliphatic heterocycles. The topological polar surface area (TPSA) is 81.1 Å². The maximum atomic E-state index is 13.2. The van der Waals surface area contributed by atoms with E-state index >= 15 is 0 Å². The van der Waals surface area contributed by atoms with Crippen LogP contribution in [0.3, 0.4) is 0 Å². The number of anilines is 1. The molecule has 1 aliphatic rings. The molecular formula is C23H30ClN3O3S. The van der Waals surface area contributed by atoms with Gasteiger partial charge in [0.1, 0.15) is 0 Å². The minimum atomic E-state index is -3.43. The highest BCUT2D eigenvalue weighted by Gasteiger charge is 2.28. The molecule has 2 aromatic rings. The summed E-state index contributed by atoms with van der Waals surface area (Å²) in [5, 5.41) is 7.51. The van der Waals surface area contributed by atoms with Crippen LogP contribution in [-0.2, 0) is 21.2 Å². The standard InChI is InChI=1S/C23H30ClN3O3S/c1-16(2)10-12-27-13-11-22(26-27)25-23(28)19(14-17-6-4-5-7-17)18-8-9-21(20(24)15-18)31(3,29)30/h8-11,13,15,17,19H,4-7,12,14H2,1-3H3,(H,25,26,28)/t19-/m1/s1. The number of amides is 1. The molecule has 6 nitrogen and oxygen atoms in total. The Balaban J connectivity index is 1.82. The van der Waals surface area contributed by atoms with E-state index in [-0.39, 0.29) is 15.8 Å². The van der Waals surface area contributed by atoms with Crippen LogP contribution in [0.2, 0.25) is 5.02 Å². The highest BCUT2D eigenvalue weighted by Crippen LogP contribution is 2.36. The second kappa shape index (κ2) is 10.0. The number of halogens is 1. The lowest BCUT2D eigenvalue weighted by Crippen LogP contribution is -2.23. The summed E-state index contributed by atoms with van der Waals surface area (Å²) in [5.74, 6) is 0.404. The van der Waals surface area contributed by atoms with Gasteiger partial charge in [0.05, 0.1) is 22.4 Å². The number of hydrogen-bond donors (Lipinski definition) is 1. The summed E-state index contributed by atoms with van der Waals surface area (Å²) in [4.78, 5) is 13.3. The number of nitrogens with zero attached hydrogens (tertiary/aromatic N) is 2. The highest BCUT2D eigenvalue weighted by molar-refractivity contribution is 7.90. The monoisotopic (exact) mass is 463 g/mol. The molecule has 168 valence electrons. The molecule has 1 saturated carbocycles. The van der Waals surface area contributed by atoms with E-state index in [1.807, 2.05) is 20.0 Å². The number of carbonyl (C=O) groups excluding carboxylic acids is 1. The number of allylic oxidation sites excluding steroid dienone is 2. The third-order valence-corrected chi connectivity index (χ3v) is 7.28. The fourth-order valence-corrected chi connectivity index (χ4v) is 5.37. The van der Waals surface area contributed by atoms with Crippen molar-refractivity contribution in [1.29, 1.82) is 0 Å². The summed E-state index contributed by atoms with van der Waals surface area (Å²) < 4.78 is 25.6. The Bertz CT molecular complexity index is 1070. The van der Waals surface area contributed by atoms with Gasteiger partial charge in [0.15, 0.2) is 15.7 Å². The van der Waals surface area contributed by atoms with Crippen LogP contribution < -0.4 is 5.32 Å². The largest absolute Gasteiger partial charge is 0.309 e. The number of rotatable bonds is 8. The van der Waals surface area contributed by atoms with Crippen molar-refractivity contribution in [3.8, 4) is 0 Å². The van der Waals surface area contributed by atoms with E-state index in [9.17, 15) is 13.2 Å². The van der Waals surface area contributed by atoms with Gasteiger partial charge in [-0.1, -0.05) is 55.0 Å². The third kappa shape index (κ3) is 6.43. The van der Waals surface area contributed by atoms with E-state index in [1.54, 1.807) is 22.9 Å². The first-order chi connectivity index (χ1) is 14.6. The average molecular weight is 464 g/mol. The van der Waals surface area contributed by atoms with E-state index in [4.69, 9.17) is 11.6 Å². The zero-order valence-corrected chi connectivity index (χ0v) is 19.8. The molecule has 1 fully saturated rings. The normalized spacial score (nSPS) is 15.6. The van der Waals surface area contributed by atoms with Crippen LogP contribution in [0.4, 0.5) is 5.82 Å². The first-order valence-electron chi connectivity index (χ1n) is 10.6. The first-order valence-corrected chi connectivity index (χ1v) is 12.9. The zero-order valence-electron chi connectivity index (χ0n) is 18.3. The van der Waals surface area contributed by atoms with Crippen molar-refractivity contribution in [1.82, 2.24) is 9.78 Å². The molecule has 1 aromatic heterocycles. The van der Waals surface area contributed by atoms with Gasteiger partial charge in [-0.3, -0.25) is 9.48 Å². The van der Waals surface area contributed by atoms with Crippen molar-refractivity contribution in [2.24, 2.45) is 5.92 Å². The lowest BCUT2D eigenvalue weighted by atomic mass is 9.87. The van der Waals surface area contributed by atoms with Crippen LogP contribution >= 0.6 is 11.6 Å². The second-order valence-electron chi connectivity index (χ2n) is 8.59. The number of benzene rings is 1. The first kappa shape index (κ1) is 23.5. The highest BCUT2D eigenvalue weighted by atomic mass is 35.5. The summed E-state index contributed by atoms with van der Waals surface area (Å²) in [5.41, 5.74) is 1.93. The fraction of sp³-hybridized carbons (Fsp3) is 0.478. The summed E-state index contributed by atoms with van der Waals surface area (Å²) in [6, 6.07) is 6.60. The predicted octanol–water partition coefficient (Wildman–Crippen LogP) is 5.21. The fourth-order valence-electron chi connectivity index (χ4n) is 4.03. The molecule has 1 aromatic carbocycles. The molecule has 0 saturated heterocycles. The second-order valence-corrected chi connectivity index (χ2v) is 11.0. The van der Waals surface area contributed by atoms with Crippen molar-refractivity contribution >= 4 is 33.2 Å². The van der Waals surface area contributed by atoms with Gasteiger partial charge in [-0.2, -0.15) is 5.10 Å². The number of aromatic nitrogens is 2. The van der Waals surface area contributed by atoms with E-state index in [2.05, 4.69) is 16.5 Å². The molecule has 1 N–H and O–H groups in total. The molecule has 1 heterocycles. The third-order valence-electron chi connectivity index (χ3n) is 5.70. The molecule has 0 radical (unpaired) electrons. The molecule has 1 amide bonds. The quantitative estimate of drug-likeness (QED) is 0.545. The summed E-state index contributed by atoms with van der Waals surface area (Å²) in [6.45, 7) is 4.70. The molecule has 8 heteroatoms. The van der Waals surface area contributed by atoms with Crippen LogP contribution in [0.25, 0.3) is 0 Å². The van der Waals surface area contributed by atoms with Gasteiger partial charge < -0.3 is 5.32 Å². The van der Waals surface area contributed by atoms with Crippen molar-refractivity contribution in [2.75, 3.05) is 11.6 Å². The Morgan fingerprint density at radius 1 is 1.29 bits per heavy atom. The van der Waals surface area contributed by atoms with E-state index in [1.165, 1.54) is 24.5 Å². The van der Waals surface area contributed by atoms with Crippen LogP contribution in [0.5, 0.6) is 0 Å². The van der Waals surface area contributed by atoms with E-state index < -0.39 is 15.8 Å². The summed E-state index contributed by atoms with van der Waals surface area (Å²) >= 11 is 6.27. The molecule has 1 atom stereocenters. The van der Waals surface area contributed by atoms with Gasteiger partial charge in [0, 0.05) is 18.5 Å². The van der Waals surface area contributed by atoms with Gasteiger partial charge in [-0.15, -0.1) is 0 Å². The van der Waals surface area contributed by atoms with Crippen LogP contribution in [0, 0.1) is 5.92 Å². The predicted molar refractivity (Wildman–Crippen MR) is 124 cm³/mol. The Labute approximate surface area is 189 Å². The molecule has 0 unspecified atom stereocenters. The van der Waals surface area contributed by atoms with Crippen LogP contribution in [0.15, 0.2) is 47.0 Å². The Morgan fingerprint density at radius 2 is 2.00 bits per heavy atom. The SMILES string of the molecule is CC(C)=CCn1ccc(NC(=O)[C@H](CC2CCCC2)c2ccc(S(C)(=O)=O)c(Cl)c2)n1. The van der Waals surface area contributed by atoms with Crippen molar-refractivity contribution < 1.29 is 13.2 Å². The maximum absolute atomic E-state index is 13.2. The van der Waals surface area contributed by atoms with Crippen LogP contribution in [-0.4, -0.2) is 30.4 Å². The Hall–Kier alpha value is -2.12. The Morgan fingerprint density at radius 3 is 2.61 bits per heavy atom. The minimum Gasteiger partial charge on any atom is -0.309 e. The van der Waals surface area contributed by atoms with Crippen molar-refractivity contribution in [2.45, 2.75) is 63.3 Å². The Kier molecular flexibility index (Phi) is 7.59. The molecule has 0 spiro atoms. The number of hydrogen-bond acceptors (Lipinski definition) is 4. The zero-order chi connectivity index (χ0) is 22.6. The number of sulfone groups is 1. The smallest absolute Gasteiger partial charge is 0.233 e.